The lowest BCUT2D eigenvalue weighted by molar-refractivity contribution is 0.226. The molecule has 2 aromatic carbocycles. The summed E-state index contributed by atoms with van der Waals surface area (Å²) in [7, 11) is 0. The summed E-state index contributed by atoms with van der Waals surface area (Å²) in [5.41, 5.74) is 3.51. The van der Waals surface area contributed by atoms with Crippen molar-refractivity contribution in [1.82, 2.24) is 4.90 Å². The third-order valence-electron chi connectivity index (χ3n) is 4.27. The topological polar surface area (TPSA) is 33.5 Å². The number of hydrogen-bond acceptors (Lipinski definition) is 3. The smallest absolute Gasteiger partial charge is 0.192 e. The number of benzene rings is 2. The highest BCUT2D eigenvalue weighted by molar-refractivity contribution is 5.76. The summed E-state index contributed by atoms with van der Waals surface area (Å²) in [6.07, 6.45) is 1.05. The molecule has 0 fully saturated rings. The second-order valence-electron chi connectivity index (χ2n) is 5.80. The summed E-state index contributed by atoms with van der Waals surface area (Å²) >= 11 is 0. The third kappa shape index (κ3) is 2.44. The molecule has 0 bridgehead atoms. The molecule has 0 N–H and O–H groups in total. The molecule has 4 rings (SSSR count). The Morgan fingerprint density at radius 2 is 1.77 bits per heavy atom. The predicted molar refractivity (Wildman–Crippen MR) is 86.7 cm³/mol. The van der Waals surface area contributed by atoms with Gasteiger partial charge in [0.2, 0.25) is 0 Å². The number of rotatable bonds is 2. The molecule has 3 nitrogen and oxygen atoms in total. The minimum atomic E-state index is 0.0364. The maximum absolute atomic E-state index is 12.2. The summed E-state index contributed by atoms with van der Waals surface area (Å²) in [5, 5.41) is 0.648. The highest BCUT2D eigenvalue weighted by Gasteiger charge is 2.17. The first kappa shape index (κ1) is 13.3. The summed E-state index contributed by atoms with van der Waals surface area (Å²) in [4.78, 5) is 14.5. The van der Waals surface area contributed by atoms with E-state index in [-0.39, 0.29) is 5.43 Å². The quantitative estimate of drug-likeness (QED) is 0.726. The van der Waals surface area contributed by atoms with Gasteiger partial charge in [-0.1, -0.05) is 36.4 Å². The Hall–Kier alpha value is -2.39. The van der Waals surface area contributed by atoms with Crippen LogP contribution < -0.4 is 5.43 Å². The van der Waals surface area contributed by atoms with E-state index in [0.29, 0.717) is 17.5 Å². The average Bonchev–Trinajstić information content (AvgIpc) is 2.55. The SMILES string of the molecule is O=c1cc(CN2CCc3ccccc3C2)oc2ccccc12. The monoisotopic (exact) mass is 291 g/mol. The van der Waals surface area contributed by atoms with Crippen molar-refractivity contribution in [3.8, 4) is 0 Å². The van der Waals surface area contributed by atoms with Crippen molar-refractivity contribution in [2.24, 2.45) is 0 Å². The molecule has 0 spiro atoms. The molecule has 2 heterocycles. The lowest BCUT2D eigenvalue weighted by Crippen LogP contribution is -2.30. The van der Waals surface area contributed by atoms with Crippen LogP contribution in [0.1, 0.15) is 16.9 Å². The zero-order valence-corrected chi connectivity index (χ0v) is 12.3. The minimum absolute atomic E-state index is 0.0364. The third-order valence-corrected chi connectivity index (χ3v) is 4.27. The molecule has 1 aromatic heterocycles. The van der Waals surface area contributed by atoms with Gasteiger partial charge in [0, 0.05) is 19.2 Å². The summed E-state index contributed by atoms with van der Waals surface area (Å²) in [6, 6.07) is 17.6. The number of hydrogen-bond donors (Lipinski definition) is 0. The van der Waals surface area contributed by atoms with Gasteiger partial charge >= 0.3 is 0 Å². The molecule has 0 radical (unpaired) electrons. The van der Waals surface area contributed by atoms with Crippen LogP contribution in [-0.2, 0) is 19.5 Å². The van der Waals surface area contributed by atoms with E-state index in [1.165, 1.54) is 11.1 Å². The van der Waals surface area contributed by atoms with Crippen molar-refractivity contribution < 1.29 is 4.42 Å². The van der Waals surface area contributed by atoms with Gasteiger partial charge in [-0.2, -0.15) is 0 Å². The molecule has 3 aromatic rings. The van der Waals surface area contributed by atoms with E-state index in [0.717, 1.165) is 25.3 Å². The molecule has 1 aliphatic heterocycles. The van der Waals surface area contributed by atoms with Gasteiger partial charge in [0.25, 0.3) is 0 Å². The number of para-hydroxylation sites is 1. The van der Waals surface area contributed by atoms with Crippen molar-refractivity contribution in [1.29, 1.82) is 0 Å². The zero-order chi connectivity index (χ0) is 14.9. The van der Waals surface area contributed by atoms with Crippen molar-refractivity contribution in [3.63, 3.8) is 0 Å². The molecule has 0 saturated carbocycles. The van der Waals surface area contributed by atoms with Crippen LogP contribution in [0.25, 0.3) is 11.0 Å². The number of fused-ring (bicyclic) bond motifs is 2. The van der Waals surface area contributed by atoms with E-state index in [4.69, 9.17) is 4.42 Å². The Bertz CT molecular complexity index is 882. The van der Waals surface area contributed by atoms with Crippen molar-refractivity contribution >= 4 is 11.0 Å². The molecular formula is C19H17NO2. The molecular weight excluding hydrogens is 274 g/mol. The summed E-state index contributed by atoms with van der Waals surface area (Å²) < 4.78 is 5.89. The molecule has 0 atom stereocenters. The van der Waals surface area contributed by atoms with Gasteiger partial charge in [0.1, 0.15) is 11.3 Å². The zero-order valence-electron chi connectivity index (χ0n) is 12.3. The number of nitrogens with zero attached hydrogens (tertiary/aromatic N) is 1. The predicted octanol–water partition coefficient (Wildman–Crippen LogP) is 3.35. The van der Waals surface area contributed by atoms with Crippen LogP contribution in [0.5, 0.6) is 0 Å². The van der Waals surface area contributed by atoms with Crippen LogP contribution in [0.2, 0.25) is 0 Å². The first-order chi connectivity index (χ1) is 10.8. The first-order valence-electron chi connectivity index (χ1n) is 7.60. The highest BCUT2D eigenvalue weighted by Crippen LogP contribution is 2.21. The van der Waals surface area contributed by atoms with Crippen LogP contribution in [0.4, 0.5) is 0 Å². The van der Waals surface area contributed by atoms with Gasteiger partial charge in [0.15, 0.2) is 5.43 Å². The Labute approximate surface area is 128 Å². The Morgan fingerprint density at radius 1 is 1.00 bits per heavy atom. The van der Waals surface area contributed by atoms with Crippen LogP contribution >= 0.6 is 0 Å². The molecule has 0 unspecified atom stereocenters. The van der Waals surface area contributed by atoms with Gasteiger partial charge in [0.05, 0.1) is 11.9 Å². The Kier molecular flexibility index (Phi) is 3.28. The van der Waals surface area contributed by atoms with Crippen LogP contribution in [0, 0.1) is 0 Å². The highest BCUT2D eigenvalue weighted by atomic mass is 16.3. The van der Waals surface area contributed by atoms with Gasteiger partial charge in [-0.15, -0.1) is 0 Å². The molecule has 1 aliphatic rings. The fourth-order valence-corrected chi connectivity index (χ4v) is 3.14. The van der Waals surface area contributed by atoms with E-state index in [1.807, 2.05) is 24.3 Å². The van der Waals surface area contributed by atoms with E-state index in [9.17, 15) is 4.79 Å². The normalized spacial score (nSPS) is 14.9. The summed E-state index contributed by atoms with van der Waals surface area (Å²) in [6.45, 7) is 2.58. The Balaban J connectivity index is 1.61. The van der Waals surface area contributed by atoms with Crippen LogP contribution in [0.3, 0.4) is 0 Å². The molecule has 110 valence electrons. The molecule has 3 heteroatoms. The molecule has 0 amide bonds. The van der Waals surface area contributed by atoms with Gasteiger partial charge in [-0.05, 0) is 29.7 Å². The fourth-order valence-electron chi connectivity index (χ4n) is 3.14. The van der Waals surface area contributed by atoms with Gasteiger partial charge in [-0.25, -0.2) is 0 Å². The van der Waals surface area contributed by atoms with Crippen LogP contribution in [-0.4, -0.2) is 11.4 Å². The fraction of sp³-hybridized carbons (Fsp3) is 0.211. The maximum atomic E-state index is 12.2. The van der Waals surface area contributed by atoms with Crippen molar-refractivity contribution in [3.05, 3.63) is 81.7 Å². The Morgan fingerprint density at radius 3 is 2.68 bits per heavy atom. The average molecular weight is 291 g/mol. The second-order valence-corrected chi connectivity index (χ2v) is 5.80. The van der Waals surface area contributed by atoms with Crippen LogP contribution in [0.15, 0.2) is 63.8 Å². The van der Waals surface area contributed by atoms with E-state index >= 15 is 0 Å². The molecule has 22 heavy (non-hydrogen) atoms. The van der Waals surface area contributed by atoms with Gasteiger partial charge in [-0.3, -0.25) is 9.69 Å². The van der Waals surface area contributed by atoms with E-state index in [1.54, 1.807) is 6.07 Å². The van der Waals surface area contributed by atoms with Gasteiger partial charge < -0.3 is 4.42 Å². The largest absolute Gasteiger partial charge is 0.459 e. The van der Waals surface area contributed by atoms with Crippen molar-refractivity contribution in [2.45, 2.75) is 19.5 Å². The lowest BCUT2D eigenvalue weighted by Gasteiger charge is -2.28. The lowest BCUT2D eigenvalue weighted by atomic mass is 10.00. The molecule has 0 aliphatic carbocycles. The second kappa shape index (κ2) is 5.43. The van der Waals surface area contributed by atoms with Crippen molar-refractivity contribution in [2.75, 3.05) is 6.54 Å². The standard InChI is InChI=1S/C19H17NO2/c21-18-11-16(22-19-8-4-3-7-17(18)19)13-20-10-9-14-5-1-2-6-15(14)12-20/h1-8,11H,9-10,12-13H2. The summed E-state index contributed by atoms with van der Waals surface area (Å²) in [5.74, 6) is 0.739. The van der Waals surface area contributed by atoms with E-state index in [2.05, 4.69) is 29.2 Å². The van der Waals surface area contributed by atoms with E-state index < -0.39 is 0 Å². The minimum Gasteiger partial charge on any atom is -0.459 e. The maximum Gasteiger partial charge on any atom is 0.192 e. The molecule has 0 saturated heterocycles. The first-order valence-corrected chi connectivity index (χ1v) is 7.60.